The van der Waals surface area contributed by atoms with E-state index in [0.29, 0.717) is 24.6 Å². The minimum Gasteiger partial charge on any atom is -0.350 e. The highest BCUT2D eigenvalue weighted by Crippen LogP contribution is 2.39. The molecule has 184 valence electrons. The van der Waals surface area contributed by atoms with Crippen molar-refractivity contribution in [3.8, 4) is 0 Å². The normalized spacial score (nSPS) is 17.5. The fraction of sp³-hybridized carbons (Fsp3) is 0.391. The number of aromatic nitrogens is 4. The van der Waals surface area contributed by atoms with Gasteiger partial charge in [0, 0.05) is 31.9 Å². The zero-order valence-corrected chi connectivity index (χ0v) is 19.9. The van der Waals surface area contributed by atoms with Crippen LogP contribution in [0.4, 0.5) is 30.6 Å². The van der Waals surface area contributed by atoms with Gasteiger partial charge in [-0.1, -0.05) is 17.7 Å². The number of amides is 1. The van der Waals surface area contributed by atoms with E-state index in [1.165, 1.54) is 12.1 Å². The minimum absolute atomic E-state index is 0.0620. The third kappa shape index (κ3) is 4.40. The van der Waals surface area contributed by atoms with Gasteiger partial charge in [0.1, 0.15) is 11.7 Å². The molecule has 0 saturated heterocycles. The molecule has 1 N–H and O–H groups in total. The zero-order valence-electron chi connectivity index (χ0n) is 19.1. The van der Waals surface area contributed by atoms with Gasteiger partial charge in [-0.3, -0.25) is 9.48 Å². The summed E-state index contributed by atoms with van der Waals surface area (Å²) in [6.45, 7) is 3.24. The number of carbonyl (C=O) groups excluding carboxylic acids is 1. The molecule has 4 heterocycles. The van der Waals surface area contributed by atoms with E-state index in [1.54, 1.807) is 22.0 Å². The average Bonchev–Trinajstić information content (AvgIpc) is 3.26. The minimum atomic E-state index is -4.49. The molecular weight excluding hydrogens is 483 g/mol. The Labute approximate surface area is 204 Å². The van der Waals surface area contributed by atoms with E-state index in [2.05, 4.69) is 20.4 Å². The highest BCUT2D eigenvalue weighted by atomic mass is 35.5. The Hall–Kier alpha value is -3.34. The molecule has 0 fully saturated rings. The summed E-state index contributed by atoms with van der Waals surface area (Å²) >= 11 is 5.82. The summed E-state index contributed by atoms with van der Waals surface area (Å²) in [7, 11) is 1.86. The molecule has 5 rings (SSSR count). The van der Waals surface area contributed by atoms with Crippen molar-refractivity contribution in [1.29, 1.82) is 0 Å². The maximum Gasteiger partial charge on any atom is 0.417 e. The van der Waals surface area contributed by atoms with Gasteiger partial charge in [0.2, 0.25) is 11.9 Å². The van der Waals surface area contributed by atoms with Gasteiger partial charge in [0.15, 0.2) is 5.82 Å². The van der Waals surface area contributed by atoms with E-state index in [4.69, 9.17) is 11.6 Å². The molecule has 2 aliphatic rings. The van der Waals surface area contributed by atoms with Crippen LogP contribution in [0.2, 0.25) is 5.02 Å². The van der Waals surface area contributed by atoms with Crippen LogP contribution >= 0.6 is 11.6 Å². The number of hydrogen-bond acceptors (Lipinski definition) is 6. The molecule has 0 saturated carbocycles. The number of nitrogens with zero attached hydrogens (tertiary/aromatic N) is 6. The first-order valence-electron chi connectivity index (χ1n) is 11.2. The highest BCUT2D eigenvalue weighted by molar-refractivity contribution is 6.31. The molecule has 12 heteroatoms. The number of aryl methyl sites for hydroxylation is 1. The van der Waals surface area contributed by atoms with Crippen LogP contribution in [-0.2, 0) is 30.5 Å². The van der Waals surface area contributed by atoms with E-state index >= 15 is 0 Å². The summed E-state index contributed by atoms with van der Waals surface area (Å²) < 4.78 is 40.4. The number of nitrogens with one attached hydrogen (secondary N) is 1. The second-order valence-corrected chi connectivity index (χ2v) is 9.17. The number of hydrogen-bond donors (Lipinski definition) is 1. The summed E-state index contributed by atoms with van der Waals surface area (Å²) in [5, 5.41) is 7.19. The van der Waals surface area contributed by atoms with Gasteiger partial charge in [0.25, 0.3) is 0 Å². The predicted octanol–water partition coefficient (Wildman–Crippen LogP) is 4.12. The predicted molar refractivity (Wildman–Crippen MR) is 126 cm³/mol. The third-order valence-corrected chi connectivity index (χ3v) is 6.68. The van der Waals surface area contributed by atoms with Crippen molar-refractivity contribution >= 4 is 35.0 Å². The topological polar surface area (TPSA) is 79.2 Å². The molecule has 35 heavy (non-hydrogen) atoms. The average molecular weight is 506 g/mol. The molecule has 1 amide bonds. The molecular formula is C23H23ClF3N7O. The quantitative estimate of drug-likeness (QED) is 0.562. The summed E-state index contributed by atoms with van der Waals surface area (Å²) in [5.41, 5.74) is 2.27. The van der Waals surface area contributed by atoms with Crippen LogP contribution in [0.15, 0.2) is 30.6 Å². The molecule has 1 atom stereocenters. The Morgan fingerprint density at radius 2 is 2.03 bits per heavy atom. The van der Waals surface area contributed by atoms with Crippen LogP contribution < -0.4 is 15.1 Å². The van der Waals surface area contributed by atoms with Gasteiger partial charge >= 0.3 is 6.18 Å². The van der Waals surface area contributed by atoms with Crippen LogP contribution in [0.25, 0.3) is 0 Å². The fourth-order valence-corrected chi connectivity index (χ4v) is 4.72. The van der Waals surface area contributed by atoms with E-state index in [9.17, 15) is 18.0 Å². The van der Waals surface area contributed by atoms with Gasteiger partial charge in [-0.05, 0) is 37.5 Å². The number of carbonyl (C=O) groups is 1. The van der Waals surface area contributed by atoms with Crippen molar-refractivity contribution in [3.63, 3.8) is 0 Å². The molecule has 2 aromatic heterocycles. The fourth-order valence-electron chi connectivity index (χ4n) is 4.41. The van der Waals surface area contributed by atoms with Crippen LogP contribution in [0.3, 0.4) is 0 Å². The van der Waals surface area contributed by atoms with E-state index in [1.807, 2.05) is 18.9 Å². The Morgan fingerprint density at radius 3 is 2.77 bits per heavy atom. The maximum atomic E-state index is 12.9. The first kappa shape index (κ1) is 23.4. The van der Waals surface area contributed by atoms with E-state index < -0.39 is 11.7 Å². The van der Waals surface area contributed by atoms with Crippen molar-refractivity contribution in [1.82, 2.24) is 19.7 Å². The van der Waals surface area contributed by atoms with Crippen molar-refractivity contribution in [3.05, 3.63) is 58.0 Å². The summed E-state index contributed by atoms with van der Waals surface area (Å²) in [5.74, 6) is 1.27. The van der Waals surface area contributed by atoms with E-state index in [0.717, 1.165) is 41.7 Å². The van der Waals surface area contributed by atoms with Crippen molar-refractivity contribution in [2.45, 2.75) is 45.1 Å². The highest BCUT2D eigenvalue weighted by Gasteiger charge is 2.38. The molecule has 0 unspecified atom stereocenters. The number of rotatable bonds is 5. The first-order valence-corrected chi connectivity index (χ1v) is 11.6. The van der Waals surface area contributed by atoms with Crippen LogP contribution in [0, 0.1) is 0 Å². The molecule has 0 spiro atoms. The lowest BCUT2D eigenvalue weighted by molar-refractivity contribution is -0.137. The monoisotopic (exact) mass is 505 g/mol. The van der Waals surface area contributed by atoms with Crippen molar-refractivity contribution < 1.29 is 18.0 Å². The molecule has 1 aromatic carbocycles. The van der Waals surface area contributed by atoms with Gasteiger partial charge in [-0.2, -0.15) is 23.3 Å². The largest absolute Gasteiger partial charge is 0.417 e. The molecule has 0 aliphatic carbocycles. The Kier molecular flexibility index (Phi) is 5.82. The number of halogens is 4. The number of anilines is 3. The Bertz CT molecular complexity index is 1290. The lowest BCUT2D eigenvalue weighted by Crippen LogP contribution is -2.53. The van der Waals surface area contributed by atoms with Crippen LogP contribution in [0.1, 0.15) is 35.7 Å². The molecule has 0 radical (unpaired) electrons. The van der Waals surface area contributed by atoms with Gasteiger partial charge in [-0.15, -0.1) is 0 Å². The number of benzene rings is 1. The van der Waals surface area contributed by atoms with E-state index in [-0.39, 0.29) is 23.5 Å². The lowest BCUT2D eigenvalue weighted by atomic mass is 10.0. The Morgan fingerprint density at radius 1 is 1.23 bits per heavy atom. The van der Waals surface area contributed by atoms with Crippen molar-refractivity contribution in [2.75, 3.05) is 28.7 Å². The molecule has 3 aromatic rings. The van der Waals surface area contributed by atoms with Gasteiger partial charge in [0.05, 0.1) is 29.0 Å². The smallest absolute Gasteiger partial charge is 0.350 e. The number of alkyl halides is 3. The molecule has 0 bridgehead atoms. The first-order chi connectivity index (χ1) is 16.6. The molecule has 2 aliphatic heterocycles. The summed E-state index contributed by atoms with van der Waals surface area (Å²) in [6, 6.07) is 3.39. The number of likely N-dealkylation sites (N-methyl/N-ethyl adjacent to an activating group) is 1. The zero-order chi connectivity index (χ0) is 24.9. The van der Waals surface area contributed by atoms with Crippen molar-refractivity contribution in [2.24, 2.45) is 0 Å². The van der Waals surface area contributed by atoms with Crippen LogP contribution in [-0.4, -0.2) is 45.3 Å². The molecule has 8 nitrogen and oxygen atoms in total. The van der Waals surface area contributed by atoms with Crippen LogP contribution in [0.5, 0.6) is 0 Å². The SMILES string of the molecule is C[C@H]1C(=O)N2CCCc3nc(NCc4cnn(Cc5ccc(C(F)(F)F)c(Cl)c5)c4)nc(c32)N1C. The Balaban J connectivity index is 1.29. The third-order valence-electron chi connectivity index (χ3n) is 6.36. The maximum absolute atomic E-state index is 12.9. The standard InChI is InChI=1S/C23H23ClF3N7O/c1-13-21(35)34-7-3-4-18-19(34)20(32(13)2)31-22(30-18)28-9-15-10-29-33(12-15)11-14-5-6-16(17(24)8-14)23(25,26)27/h5-6,8,10,12-13H,3-4,7,9,11H2,1-2H3,(H,28,30,31)/t13-/m0/s1. The summed E-state index contributed by atoms with van der Waals surface area (Å²) in [4.78, 5) is 25.7. The van der Waals surface area contributed by atoms with Gasteiger partial charge in [-0.25, -0.2) is 4.98 Å². The summed E-state index contributed by atoms with van der Waals surface area (Å²) in [6.07, 6.45) is 0.619. The second-order valence-electron chi connectivity index (χ2n) is 8.76. The lowest BCUT2D eigenvalue weighted by Gasteiger charge is -2.41. The second kappa shape index (κ2) is 8.71. The van der Waals surface area contributed by atoms with Gasteiger partial charge < -0.3 is 15.1 Å².